The molecule has 146 valence electrons. The summed E-state index contributed by atoms with van der Waals surface area (Å²) in [5.74, 6) is -3.83. The van der Waals surface area contributed by atoms with Gasteiger partial charge in [-0.05, 0) is 36.4 Å². The molecule has 0 aliphatic carbocycles. The number of rotatable bonds is 7. The molecule has 1 heterocycles. The van der Waals surface area contributed by atoms with E-state index in [-0.39, 0.29) is 11.7 Å². The van der Waals surface area contributed by atoms with Gasteiger partial charge in [0.2, 0.25) is 15.7 Å². The van der Waals surface area contributed by atoms with E-state index in [0.717, 1.165) is 17.8 Å². The Balaban J connectivity index is 1.61. The van der Waals surface area contributed by atoms with E-state index in [1.165, 1.54) is 30.2 Å². The van der Waals surface area contributed by atoms with Crippen LogP contribution in [0, 0.1) is 0 Å². The van der Waals surface area contributed by atoms with E-state index in [1.54, 1.807) is 4.57 Å². The van der Waals surface area contributed by atoms with Crippen LogP contribution in [0.4, 0.5) is 14.5 Å². The number of carbonyl (C=O) groups is 1. The molecule has 0 aliphatic heterocycles. The molecule has 1 N–H and O–H groups in total. The summed E-state index contributed by atoms with van der Waals surface area (Å²) >= 11 is 1.17. The van der Waals surface area contributed by atoms with Crippen LogP contribution >= 0.6 is 11.8 Å². The van der Waals surface area contributed by atoms with Gasteiger partial charge in [0.05, 0.1) is 10.6 Å². The highest BCUT2D eigenvalue weighted by molar-refractivity contribution is 7.99. The first-order valence-electron chi connectivity index (χ1n) is 7.88. The zero-order valence-corrected chi connectivity index (χ0v) is 15.8. The van der Waals surface area contributed by atoms with Crippen LogP contribution in [-0.4, -0.2) is 40.6 Å². The summed E-state index contributed by atoms with van der Waals surface area (Å²) in [6.07, 6.45) is 1.54. The fourth-order valence-corrected chi connectivity index (χ4v) is 3.70. The van der Waals surface area contributed by atoms with Gasteiger partial charge >= 0.3 is 5.76 Å². The molecule has 0 radical (unpaired) electrons. The summed E-state index contributed by atoms with van der Waals surface area (Å²) in [4.78, 5) is 11.6. The zero-order valence-electron chi connectivity index (χ0n) is 14.2. The maximum atomic E-state index is 12.5. The third kappa shape index (κ3) is 4.54. The summed E-state index contributed by atoms with van der Waals surface area (Å²) in [7, 11) is -4.66. The van der Waals surface area contributed by atoms with Crippen LogP contribution in [-0.2, 0) is 14.6 Å². The number of aromatic nitrogens is 3. The molecule has 0 saturated heterocycles. The first kappa shape index (κ1) is 20.0. The van der Waals surface area contributed by atoms with E-state index in [9.17, 15) is 22.0 Å². The molecule has 2 aromatic carbocycles. The smallest absolute Gasteiger partial charge is 0.325 e. The molecule has 3 aromatic rings. The number of hydrogen-bond donors (Lipinski definition) is 1. The number of nitrogens with one attached hydrogen (secondary N) is 1. The van der Waals surface area contributed by atoms with Crippen molar-refractivity contribution < 1.29 is 22.0 Å². The Bertz CT molecular complexity index is 1060. The first-order valence-corrected chi connectivity index (χ1v) is 10.4. The summed E-state index contributed by atoms with van der Waals surface area (Å²) in [5, 5.41) is 10.9. The molecule has 0 saturated carbocycles. The summed E-state index contributed by atoms with van der Waals surface area (Å²) in [5.41, 5.74) is 1.15. The molecule has 0 atom stereocenters. The maximum absolute atomic E-state index is 12.5. The average molecular weight is 424 g/mol. The molecule has 0 aliphatic rings. The Morgan fingerprint density at radius 3 is 2.43 bits per heavy atom. The number of carbonyl (C=O) groups excluding carboxylic acids is 1. The summed E-state index contributed by atoms with van der Waals surface area (Å²) in [6.45, 7) is 0. The number of alkyl halides is 2. The molecule has 11 heteroatoms. The van der Waals surface area contributed by atoms with Crippen molar-refractivity contribution in [3.63, 3.8) is 0 Å². The van der Waals surface area contributed by atoms with E-state index in [4.69, 9.17) is 0 Å². The maximum Gasteiger partial charge on any atom is 0.341 e. The topological polar surface area (TPSA) is 93.9 Å². The number of amides is 1. The van der Waals surface area contributed by atoms with Crippen molar-refractivity contribution in [2.24, 2.45) is 0 Å². The van der Waals surface area contributed by atoms with Gasteiger partial charge in [-0.15, -0.1) is 10.2 Å². The van der Waals surface area contributed by atoms with Crippen LogP contribution < -0.4 is 5.32 Å². The molecule has 0 spiro atoms. The SMILES string of the molecule is O=C(CSc1nncn1-c1ccccc1)Nc1ccc(S(=O)(=O)C(F)F)cc1. The third-order valence-electron chi connectivity index (χ3n) is 3.58. The standard InChI is InChI=1S/C17H14F2N4O3S2/c18-16(19)28(25,26)14-8-6-12(7-9-14)21-15(24)10-27-17-22-20-11-23(17)13-4-2-1-3-5-13/h1-9,11,16H,10H2,(H,21,24). The molecule has 7 nitrogen and oxygen atoms in total. The van der Waals surface area contributed by atoms with Crippen LogP contribution in [0.5, 0.6) is 0 Å². The Kier molecular flexibility index (Phi) is 6.05. The van der Waals surface area contributed by atoms with E-state index < -0.39 is 20.5 Å². The van der Waals surface area contributed by atoms with Crippen molar-refractivity contribution in [1.29, 1.82) is 0 Å². The largest absolute Gasteiger partial charge is 0.341 e. The van der Waals surface area contributed by atoms with Gasteiger partial charge in [0.1, 0.15) is 6.33 Å². The normalized spacial score (nSPS) is 11.5. The van der Waals surface area contributed by atoms with E-state index in [1.807, 2.05) is 30.3 Å². The Morgan fingerprint density at radius 2 is 1.79 bits per heavy atom. The predicted molar refractivity (Wildman–Crippen MR) is 100 cm³/mol. The monoisotopic (exact) mass is 424 g/mol. The lowest BCUT2D eigenvalue weighted by Gasteiger charge is -2.08. The minimum atomic E-state index is -4.66. The Labute approximate surface area is 163 Å². The van der Waals surface area contributed by atoms with Gasteiger partial charge in [0.15, 0.2) is 5.16 Å². The second kappa shape index (κ2) is 8.48. The van der Waals surface area contributed by atoms with Gasteiger partial charge in [0, 0.05) is 11.4 Å². The van der Waals surface area contributed by atoms with E-state index in [0.29, 0.717) is 10.8 Å². The molecule has 1 amide bonds. The lowest BCUT2D eigenvalue weighted by Crippen LogP contribution is -2.15. The van der Waals surface area contributed by atoms with Crippen molar-refractivity contribution in [3.8, 4) is 5.69 Å². The van der Waals surface area contributed by atoms with E-state index in [2.05, 4.69) is 15.5 Å². The summed E-state index contributed by atoms with van der Waals surface area (Å²) in [6, 6.07) is 13.9. The molecule has 3 rings (SSSR count). The number of hydrogen-bond acceptors (Lipinski definition) is 6. The number of nitrogens with zero attached hydrogens (tertiary/aromatic N) is 3. The van der Waals surface area contributed by atoms with Gasteiger partial charge in [0.25, 0.3) is 0 Å². The Morgan fingerprint density at radius 1 is 1.11 bits per heavy atom. The van der Waals surface area contributed by atoms with Crippen LogP contribution in [0.15, 0.2) is 71.0 Å². The van der Waals surface area contributed by atoms with Gasteiger partial charge in [-0.2, -0.15) is 8.78 Å². The molecule has 0 bridgehead atoms. The number of halogens is 2. The molecule has 0 fully saturated rings. The van der Waals surface area contributed by atoms with Gasteiger partial charge in [-0.1, -0.05) is 30.0 Å². The molecular weight excluding hydrogens is 410 g/mol. The Hall–Kier alpha value is -2.79. The third-order valence-corrected chi connectivity index (χ3v) is 5.93. The van der Waals surface area contributed by atoms with E-state index >= 15 is 0 Å². The number of anilines is 1. The van der Waals surface area contributed by atoms with Crippen molar-refractivity contribution in [2.75, 3.05) is 11.1 Å². The average Bonchev–Trinajstić information content (AvgIpc) is 3.16. The fourth-order valence-electron chi connectivity index (χ4n) is 2.25. The van der Waals surface area contributed by atoms with Gasteiger partial charge < -0.3 is 5.32 Å². The molecular formula is C17H14F2N4O3S2. The number of para-hydroxylation sites is 1. The highest BCUT2D eigenvalue weighted by Crippen LogP contribution is 2.22. The second-order valence-corrected chi connectivity index (χ2v) is 8.35. The van der Waals surface area contributed by atoms with Crippen molar-refractivity contribution in [2.45, 2.75) is 15.8 Å². The highest BCUT2D eigenvalue weighted by atomic mass is 32.2. The lowest BCUT2D eigenvalue weighted by molar-refractivity contribution is -0.113. The van der Waals surface area contributed by atoms with Crippen LogP contribution in [0.1, 0.15) is 0 Å². The zero-order chi connectivity index (χ0) is 20.1. The lowest BCUT2D eigenvalue weighted by atomic mass is 10.3. The van der Waals surface area contributed by atoms with Crippen molar-refractivity contribution in [1.82, 2.24) is 14.8 Å². The molecule has 28 heavy (non-hydrogen) atoms. The summed E-state index contributed by atoms with van der Waals surface area (Å²) < 4.78 is 49.6. The first-order chi connectivity index (χ1) is 13.4. The van der Waals surface area contributed by atoms with Crippen LogP contribution in [0.3, 0.4) is 0 Å². The van der Waals surface area contributed by atoms with Gasteiger partial charge in [-0.25, -0.2) is 8.42 Å². The number of thioether (sulfide) groups is 1. The fraction of sp³-hybridized carbons (Fsp3) is 0.118. The minimum absolute atomic E-state index is 0.0304. The molecule has 1 aromatic heterocycles. The van der Waals surface area contributed by atoms with Crippen molar-refractivity contribution >= 4 is 33.2 Å². The second-order valence-electron chi connectivity index (χ2n) is 5.49. The minimum Gasteiger partial charge on any atom is -0.325 e. The highest BCUT2D eigenvalue weighted by Gasteiger charge is 2.26. The van der Waals surface area contributed by atoms with Crippen molar-refractivity contribution in [3.05, 3.63) is 60.9 Å². The number of sulfone groups is 1. The quantitative estimate of drug-likeness (QED) is 0.586. The van der Waals surface area contributed by atoms with Gasteiger partial charge in [-0.3, -0.25) is 9.36 Å². The molecule has 0 unspecified atom stereocenters. The van der Waals surface area contributed by atoms with Crippen LogP contribution in [0.2, 0.25) is 0 Å². The van der Waals surface area contributed by atoms with Crippen LogP contribution in [0.25, 0.3) is 5.69 Å². The number of benzene rings is 2. The predicted octanol–water partition coefficient (Wildman–Crippen LogP) is 2.99.